The van der Waals surface area contributed by atoms with Crippen molar-refractivity contribution in [2.24, 2.45) is 0 Å². The van der Waals surface area contributed by atoms with Crippen LogP contribution in [0.5, 0.6) is 0 Å². The van der Waals surface area contributed by atoms with E-state index in [-0.39, 0.29) is 18.2 Å². The number of carbonyl (C=O) groups is 1. The van der Waals surface area contributed by atoms with Gasteiger partial charge < -0.3 is 14.7 Å². The number of anilines is 1. The molecule has 2 fully saturated rings. The van der Waals surface area contributed by atoms with Crippen molar-refractivity contribution < 1.29 is 14.6 Å². The zero-order valence-electron chi connectivity index (χ0n) is 12.3. The van der Waals surface area contributed by atoms with Crippen molar-refractivity contribution in [2.75, 3.05) is 18.1 Å². The van der Waals surface area contributed by atoms with E-state index in [0.29, 0.717) is 0 Å². The molecule has 1 saturated carbocycles. The molecule has 1 aromatic rings. The van der Waals surface area contributed by atoms with Gasteiger partial charge >= 0.3 is 5.97 Å². The van der Waals surface area contributed by atoms with Gasteiger partial charge in [0.05, 0.1) is 5.60 Å². The van der Waals surface area contributed by atoms with Gasteiger partial charge in [-0.25, -0.2) is 0 Å². The third-order valence-electron chi connectivity index (χ3n) is 4.82. The lowest BCUT2D eigenvalue weighted by atomic mass is 9.88. The summed E-state index contributed by atoms with van der Waals surface area (Å²) in [6, 6.07) is 10.2. The number of para-hydroxylation sites is 1. The minimum atomic E-state index is -0.772. The molecule has 1 heterocycles. The number of aliphatic carboxylic acids is 1. The van der Waals surface area contributed by atoms with Crippen molar-refractivity contribution in [1.29, 1.82) is 0 Å². The fraction of sp³-hybridized carbons (Fsp3) is 0.588. The summed E-state index contributed by atoms with van der Waals surface area (Å²) in [7, 11) is 0. The number of benzene rings is 1. The first kappa shape index (κ1) is 14.4. The first-order valence-corrected chi connectivity index (χ1v) is 7.86. The molecule has 4 nitrogen and oxygen atoms in total. The lowest BCUT2D eigenvalue weighted by Gasteiger charge is -2.43. The second-order valence-electron chi connectivity index (χ2n) is 6.24. The molecule has 0 bridgehead atoms. The number of hydrogen-bond donors (Lipinski definition) is 1. The molecule has 1 atom stereocenters. The molecule has 1 spiro atoms. The summed E-state index contributed by atoms with van der Waals surface area (Å²) in [5, 5.41) is 9.26. The molecule has 1 aliphatic carbocycles. The van der Waals surface area contributed by atoms with Gasteiger partial charge in [0.1, 0.15) is 6.54 Å². The van der Waals surface area contributed by atoms with Crippen LogP contribution in [0.25, 0.3) is 0 Å². The Kier molecular flexibility index (Phi) is 4.15. The minimum absolute atomic E-state index is 0.00838. The summed E-state index contributed by atoms with van der Waals surface area (Å²) in [6.07, 6.45) is 6.57. The van der Waals surface area contributed by atoms with E-state index < -0.39 is 5.97 Å². The van der Waals surface area contributed by atoms with Gasteiger partial charge in [0.2, 0.25) is 0 Å². The number of ether oxygens (including phenoxy) is 1. The van der Waals surface area contributed by atoms with Crippen molar-refractivity contribution in [3.8, 4) is 0 Å². The van der Waals surface area contributed by atoms with Crippen LogP contribution in [0, 0.1) is 0 Å². The summed E-state index contributed by atoms with van der Waals surface area (Å²) in [4.78, 5) is 13.3. The molecule has 1 aliphatic heterocycles. The fourth-order valence-electron chi connectivity index (χ4n) is 3.83. The predicted octanol–water partition coefficient (Wildman–Crippen LogP) is 3.07. The molecule has 1 saturated heterocycles. The summed E-state index contributed by atoms with van der Waals surface area (Å²) in [5.41, 5.74) is 1.01. The zero-order chi connectivity index (χ0) is 14.7. The van der Waals surface area contributed by atoms with Gasteiger partial charge in [-0.15, -0.1) is 0 Å². The van der Waals surface area contributed by atoms with Crippen molar-refractivity contribution in [2.45, 2.75) is 50.2 Å². The Hall–Kier alpha value is -1.55. The highest BCUT2D eigenvalue weighted by Crippen LogP contribution is 2.41. The van der Waals surface area contributed by atoms with E-state index in [9.17, 15) is 9.90 Å². The molecule has 4 heteroatoms. The van der Waals surface area contributed by atoms with Crippen LogP contribution in [0.3, 0.4) is 0 Å². The van der Waals surface area contributed by atoms with Crippen molar-refractivity contribution in [1.82, 2.24) is 0 Å². The maximum atomic E-state index is 11.3. The van der Waals surface area contributed by atoms with Crippen molar-refractivity contribution in [3.63, 3.8) is 0 Å². The Bertz CT molecular complexity index is 482. The van der Waals surface area contributed by atoms with Crippen LogP contribution in [0.1, 0.15) is 38.5 Å². The van der Waals surface area contributed by atoms with Gasteiger partial charge in [0, 0.05) is 18.3 Å². The Morgan fingerprint density at radius 3 is 2.67 bits per heavy atom. The van der Waals surface area contributed by atoms with Crippen LogP contribution in [0.15, 0.2) is 30.3 Å². The van der Waals surface area contributed by atoms with Crippen LogP contribution < -0.4 is 4.90 Å². The van der Waals surface area contributed by atoms with Crippen LogP contribution >= 0.6 is 0 Å². The van der Waals surface area contributed by atoms with Crippen LogP contribution in [-0.4, -0.2) is 35.9 Å². The molecule has 114 valence electrons. The maximum absolute atomic E-state index is 11.3. The average molecular weight is 289 g/mol. The average Bonchev–Trinajstić information content (AvgIpc) is 2.93. The highest BCUT2D eigenvalue weighted by atomic mass is 16.5. The maximum Gasteiger partial charge on any atom is 0.323 e. The van der Waals surface area contributed by atoms with Gasteiger partial charge in [0.15, 0.2) is 0 Å². The minimum Gasteiger partial charge on any atom is -0.480 e. The Labute approximate surface area is 125 Å². The molecule has 0 radical (unpaired) electrons. The van der Waals surface area contributed by atoms with Gasteiger partial charge in [-0.05, 0) is 37.8 Å². The molecule has 1 N–H and O–H groups in total. The van der Waals surface area contributed by atoms with Gasteiger partial charge in [0.25, 0.3) is 0 Å². The largest absolute Gasteiger partial charge is 0.480 e. The quantitative estimate of drug-likeness (QED) is 0.925. The van der Waals surface area contributed by atoms with Gasteiger partial charge in [-0.3, -0.25) is 4.79 Å². The first-order chi connectivity index (χ1) is 10.2. The summed E-state index contributed by atoms with van der Waals surface area (Å²) in [6.45, 7) is 0.804. The highest BCUT2D eigenvalue weighted by molar-refractivity contribution is 5.74. The van der Waals surface area contributed by atoms with Gasteiger partial charge in [-0.2, -0.15) is 0 Å². The third kappa shape index (κ3) is 3.21. The summed E-state index contributed by atoms with van der Waals surface area (Å²) >= 11 is 0. The number of hydrogen-bond acceptors (Lipinski definition) is 3. The fourth-order valence-corrected chi connectivity index (χ4v) is 3.83. The smallest absolute Gasteiger partial charge is 0.323 e. The lowest BCUT2D eigenvalue weighted by Crippen LogP contribution is -2.49. The number of rotatable bonds is 4. The highest BCUT2D eigenvalue weighted by Gasteiger charge is 2.41. The van der Waals surface area contributed by atoms with Crippen LogP contribution in [0.2, 0.25) is 0 Å². The van der Waals surface area contributed by atoms with E-state index in [1.54, 1.807) is 0 Å². The molecule has 0 amide bonds. The van der Waals surface area contributed by atoms with Crippen LogP contribution in [0.4, 0.5) is 5.69 Å². The van der Waals surface area contributed by atoms with E-state index in [2.05, 4.69) is 0 Å². The second-order valence-corrected chi connectivity index (χ2v) is 6.24. The lowest BCUT2D eigenvalue weighted by molar-refractivity contribution is -0.136. The van der Waals surface area contributed by atoms with Crippen molar-refractivity contribution >= 4 is 11.7 Å². The number of nitrogens with zero attached hydrogens (tertiary/aromatic N) is 1. The summed E-state index contributed by atoms with van der Waals surface area (Å²) in [5.74, 6) is -0.772. The first-order valence-electron chi connectivity index (χ1n) is 7.86. The predicted molar refractivity (Wildman–Crippen MR) is 81.6 cm³/mol. The second kappa shape index (κ2) is 6.06. The number of carboxylic acid groups (broad SMARTS) is 1. The normalized spacial score (nSPS) is 24.1. The SMILES string of the molecule is O=C(O)CN(c1ccccc1)C1CCOC2(CCCC2)C1. The molecule has 0 aromatic heterocycles. The Morgan fingerprint density at radius 1 is 1.29 bits per heavy atom. The monoisotopic (exact) mass is 289 g/mol. The van der Waals surface area contributed by atoms with Gasteiger partial charge in [-0.1, -0.05) is 31.0 Å². The van der Waals surface area contributed by atoms with E-state index >= 15 is 0 Å². The Balaban J connectivity index is 1.80. The van der Waals surface area contributed by atoms with E-state index in [0.717, 1.165) is 38.0 Å². The molecule has 21 heavy (non-hydrogen) atoms. The topological polar surface area (TPSA) is 49.8 Å². The number of carboxylic acids is 1. The molecule has 1 aromatic carbocycles. The van der Waals surface area contributed by atoms with Crippen molar-refractivity contribution in [3.05, 3.63) is 30.3 Å². The zero-order valence-corrected chi connectivity index (χ0v) is 12.3. The molecular formula is C17H23NO3. The molecule has 2 aliphatic rings. The summed E-state index contributed by atoms with van der Waals surface area (Å²) < 4.78 is 6.07. The van der Waals surface area contributed by atoms with E-state index in [4.69, 9.17) is 4.74 Å². The van der Waals surface area contributed by atoms with Crippen LogP contribution in [-0.2, 0) is 9.53 Å². The Morgan fingerprint density at radius 2 is 2.00 bits per heavy atom. The van der Waals surface area contributed by atoms with E-state index in [1.807, 2.05) is 35.2 Å². The molecule has 1 unspecified atom stereocenters. The van der Waals surface area contributed by atoms with E-state index in [1.165, 1.54) is 12.8 Å². The third-order valence-corrected chi connectivity index (χ3v) is 4.82. The molecular weight excluding hydrogens is 266 g/mol. The molecule has 3 rings (SSSR count). The standard InChI is InChI=1S/C17H23NO3/c19-16(20)13-18(14-6-2-1-3-7-14)15-8-11-21-17(12-15)9-4-5-10-17/h1-3,6-7,15H,4-5,8-13H2,(H,19,20).